The summed E-state index contributed by atoms with van der Waals surface area (Å²) in [4.78, 5) is 2.61. The molecule has 4 heteroatoms. The molecular weight excluding hydrogens is 284 g/mol. The van der Waals surface area contributed by atoms with Crippen LogP contribution >= 0.6 is 11.6 Å². The van der Waals surface area contributed by atoms with Gasteiger partial charge < -0.3 is 10.4 Å². The number of rotatable bonds is 5. The molecule has 21 heavy (non-hydrogen) atoms. The third kappa shape index (κ3) is 3.53. The maximum absolute atomic E-state index is 9.55. The minimum absolute atomic E-state index is 0.169. The molecule has 3 rings (SSSR count). The van der Waals surface area contributed by atoms with E-state index in [1.807, 2.05) is 12.1 Å². The average molecular weight is 309 g/mol. The summed E-state index contributed by atoms with van der Waals surface area (Å²) in [5.41, 5.74) is 1.19. The zero-order valence-corrected chi connectivity index (χ0v) is 13.4. The summed E-state index contributed by atoms with van der Waals surface area (Å²) < 4.78 is 0. The molecule has 2 heterocycles. The fourth-order valence-electron chi connectivity index (χ4n) is 3.89. The van der Waals surface area contributed by atoms with Gasteiger partial charge >= 0.3 is 0 Å². The number of phenols is 1. The number of nitrogens with zero attached hydrogens (tertiary/aromatic N) is 1. The maximum Gasteiger partial charge on any atom is 0.134 e. The van der Waals surface area contributed by atoms with Gasteiger partial charge in [0.15, 0.2) is 0 Å². The van der Waals surface area contributed by atoms with Crippen molar-refractivity contribution in [2.75, 3.05) is 6.54 Å². The van der Waals surface area contributed by atoms with Gasteiger partial charge in [-0.3, -0.25) is 4.90 Å². The van der Waals surface area contributed by atoms with Gasteiger partial charge in [-0.25, -0.2) is 0 Å². The second kappa shape index (κ2) is 6.55. The normalized spacial score (nSPS) is 28.2. The molecule has 0 aliphatic carbocycles. The summed E-state index contributed by atoms with van der Waals surface area (Å²) in [6.45, 7) is 4.30. The largest absolute Gasteiger partial charge is 0.506 e. The van der Waals surface area contributed by atoms with E-state index < -0.39 is 0 Å². The fourth-order valence-corrected chi connectivity index (χ4v) is 4.09. The molecule has 1 aromatic carbocycles. The number of phenolic OH excluding ortho intramolecular Hbond substituents is 1. The highest BCUT2D eigenvalue weighted by atomic mass is 35.5. The Morgan fingerprint density at radius 3 is 2.62 bits per heavy atom. The number of fused-ring (bicyclic) bond motifs is 2. The van der Waals surface area contributed by atoms with Crippen molar-refractivity contribution in [3.63, 3.8) is 0 Å². The minimum Gasteiger partial charge on any atom is -0.506 e. The fraction of sp³-hybridized carbons (Fsp3) is 0.647. The summed E-state index contributed by atoms with van der Waals surface area (Å²) >= 11 is 6.04. The highest BCUT2D eigenvalue weighted by molar-refractivity contribution is 6.32. The molecule has 0 spiro atoms. The van der Waals surface area contributed by atoms with Crippen LogP contribution in [0.2, 0.25) is 5.02 Å². The molecule has 2 bridgehead atoms. The number of nitrogens with one attached hydrogen (secondary N) is 1. The molecule has 3 nitrogen and oxygen atoms in total. The number of benzene rings is 1. The minimum atomic E-state index is 0.169. The van der Waals surface area contributed by atoms with Crippen molar-refractivity contribution in [3.8, 4) is 5.75 Å². The van der Waals surface area contributed by atoms with Gasteiger partial charge in [-0.1, -0.05) is 24.6 Å². The van der Waals surface area contributed by atoms with E-state index in [4.69, 9.17) is 11.6 Å². The Kier molecular flexibility index (Phi) is 4.72. The van der Waals surface area contributed by atoms with Crippen LogP contribution in [0.1, 0.15) is 44.6 Å². The second-order valence-electron chi connectivity index (χ2n) is 6.52. The molecule has 0 amide bonds. The van der Waals surface area contributed by atoms with Gasteiger partial charge in [0, 0.05) is 24.7 Å². The quantitative estimate of drug-likeness (QED) is 0.873. The second-order valence-corrected chi connectivity index (χ2v) is 6.93. The Balaban J connectivity index is 1.70. The Hall–Kier alpha value is -0.770. The lowest BCUT2D eigenvalue weighted by molar-refractivity contribution is 0.134. The zero-order chi connectivity index (χ0) is 14.8. The molecule has 0 aromatic heterocycles. The van der Waals surface area contributed by atoms with Gasteiger partial charge in [0.2, 0.25) is 0 Å². The van der Waals surface area contributed by atoms with E-state index in [0.29, 0.717) is 11.1 Å². The molecule has 2 N–H and O–H groups in total. The van der Waals surface area contributed by atoms with E-state index in [1.54, 1.807) is 6.07 Å². The first-order valence-electron chi connectivity index (χ1n) is 8.13. The first kappa shape index (κ1) is 15.1. The van der Waals surface area contributed by atoms with Crippen LogP contribution < -0.4 is 5.32 Å². The summed E-state index contributed by atoms with van der Waals surface area (Å²) in [7, 11) is 0. The van der Waals surface area contributed by atoms with E-state index in [9.17, 15) is 5.11 Å². The molecule has 2 atom stereocenters. The summed E-state index contributed by atoms with van der Waals surface area (Å²) in [6.07, 6.45) is 6.38. The Labute approximate surface area is 132 Å². The van der Waals surface area contributed by atoms with E-state index in [0.717, 1.165) is 25.2 Å². The smallest absolute Gasteiger partial charge is 0.134 e. The van der Waals surface area contributed by atoms with Crippen molar-refractivity contribution in [1.82, 2.24) is 10.2 Å². The Bertz CT molecular complexity index is 482. The van der Waals surface area contributed by atoms with Gasteiger partial charge in [0.1, 0.15) is 5.75 Å². The lowest BCUT2D eigenvalue weighted by Crippen LogP contribution is -2.48. The van der Waals surface area contributed by atoms with Gasteiger partial charge in [0.25, 0.3) is 0 Å². The lowest BCUT2D eigenvalue weighted by Gasteiger charge is -2.38. The molecule has 116 valence electrons. The highest BCUT2D eigenvalue weighted by Crippen LogP contribution is 2.31. The van der Waals surface area contributed by atoms with E-state index in [1.165, 1.54) is 37.7 Å². The van der Waals surface area contributed by atoms with Crippen molar-refractivity contribution in [1.29, 1.82) is 0 Å². The SMILES string of the molecule is CCCN(Cc1ccc(O)c(Cl)c1)C1CC2CCC(C1)N2. The predicted octanol–water partition coefficient (Wildman–Crippen LogP) is 3.54. The molecule has 0 radical (unpaired) electrons. The summed E-state index contributed by atoms with van der Waals surface area (Å²) in [5.74, 6) is 0.169. The molecule has 2 saturated heterocycles. The zero-order valence-electron chi connectivity index (χ0n) is 12.7. The molecule has 2 unspecified atom stereocenters. The molecule has 2 aliphatic heterocycles. The van der Waals surface area contributed by atoms with Crippen LogP contribution in [0.15, 0.2) is 18.2 Å². The van der Waals surface area contributed by atoms with Crippen LogP contribution in [0.5, 0.6) is 5.75 Å². The summed E-state index contributed by atoms with van der Waals surface area (Å²) in [6, 6.07) is 7.70. The number of halogens is 1. The van der Waals surface area contributed by atoms with E-state index >= 15 is 0 Å². The monoisotopic (exact) mass is 308 g/mol. The van der Waals surface area contributed by atoms with Crippen LogP contribution in [0.3, 0.4) is 0 Å². The van der Waals surface area contributed by atoms with Gasteiger partial charge in [-0.2, -0.15) is 0 Å². The van der Waals surface area contributed by atoms with Crippen molar-refractivity contribution < 1.29 is 5.11 Å². The van der Waals surface area contributed by atoms with Crippen LogP contribution in [0, 0.1) is 0 Å². The molecule has 0 saturated carbocycles. The van der Waals surface area contributed by atoms with Gasteiger partial charge in [-0.05, 0) is 56.3 Å². The first-order valence-corrected chi connectivity index (χ1v) is 8.51. The van der Waals surface area contributed by atoms with Crippen LogP contribution in [-0.2, 0) is 6.54 Å². The van der Waals surface area contributed by atoms with Gasteiger partial charge in [0.05, 0.1) is 5.02 Å². The first-order chi connectivity index (χ1) is 10.2. The van der Waals surface area contributed by atoms with Crippen molar-refractivity contribution >= 4 is 11.6 Å². The molecule has 1 aromatic rings. The van der Waals surface area contributed by atoms with Crippen LogP contribution in [-0.4, -0.2) is 34.7 Å². The Morgan fingerprint density at radius 1 is 1.29 bits per heavy atom. The molecular formula is C17H25ClN2O. The number of aromatic hydroxyl groups is 1. The number of piperidine rings is 1. The highest BCUT2D eigenvalue weighted by Gasteiger charge is 2.35. The third-order valence-corrected chi connectivity index (χ3v) is 5.18. The lowest BCUT2D eigenvalue weighted by atomic mass is 9.97. The topological polar surface area (TPSA) is 35.5 Å². The average Bonchev–Trinajstić information content (AvgIpc) is 2.81. The van der Waals surface area contributed by atoms with Crippen LogP contribution in [0.25, 0.3) is 0 Å². The standard InChI is InChI=1S/C17H25ClN2O/c1-2-7-20(11-12-3-6-17(21)16(18)8-12)15-9-13-4-5-14(10-15)19-13/h3,6,8,13-15,19,21H,2,4-5,7,9-11H2,1H3. The summed E-state index contributed by atoms with van der Waals surface area (Å²) in [5, 5.41) is 13.7. The number of hydrogen-bond acceptors (Lipinski definition) is 3. The van der Waals surface area contributed by atoms with Gasteiger partial charge in [-0.15, -0.1) is 0 Å². The van der Waals surface area contributed by atoms with Crippen molar-refractivity contribution in [3.05, 3.63) is 28.8 Å². The van der Waals surface area contributed by atoms with Crippen molar-refractivity contribution in [2.45, 2.75) is 63.7 Å². The molecule has 2 aliphatic rings. The van der Waals surface area contributed by atoms with E-state index in [2.05, 4.69) is 17.1 Å². The van der Waals surface area contributed by atoms with Crippen molar-refractivity contribution in [2.24, 2.45) is 0 Å². The third-order valence-electron chi connectivity index (χ3n) is 4.87. The number of hydrogen-bond donors (Lipinski definition) is 2. The molecule has 2 fully saturated rings. The Morgan fingerprint density at radius 2 is 2.00 bits per heavy atom. The maximum atomic E-state index is 9.55. The van der Waals surface area contributed by atoms with E-state index in [-0.39, 0.29) is 5.75 Å². The van der Waals surface area contributed by atoms with Crippen LogP contribution in [0.4, 0.5) is 0 Å². The predicted molar refractivity (Wildman–Crippen MR) is 86.8 cm³/mol.